The molecule has 1 spiro atoms. The van der Waals surface area contributed by atoms with Crippen molar-refractivity contribution >= 4 is 17.7 Å². The monoisotopic (exact) mass is 216 g/mol. The zero-order chi connectivity index (χ0) is 10.2. The van der Waals surface area contributed by atoms with Gasteiger partial charge in [-0.15, -0.1) is 11.8 Å². The van der Waals surface area contributed by atoms with Crippen molar-refractivity contribution < 1.29 is 9.90 Å². The van der Waals surface area contributed by atoms with Crippen molar-refractivity contribution in [2.24, 2.45) is 0 Å². The molecule has 2 N–H and O–H groups in total. The number of carboxylic acids is 1. The normalized spacial score (nSPS) is 32.2. The molecule has 80 valence electrons. The predicted molar refractivity (Wildman–Crippen MR) is 56.5 cm³/mol. The molecule has 5 heteroatoms. The standard InChI is InChI=1S/C9H16N2O2S/c1-11-4-2-9(3-5-11)10-7(6-14-9)8(12)13/h7,10H,2-6H2,1H3,(H,12,13)/t7-/m1/s1. The average Bonchev–Trinajstić information content (AvgIpc) is 2.56. The van der Waals surface area contributed by atoms with Gasteiger partial charge in [-0.3, -0.25) is 10.1 Å². The van der Waals surface area contributed by atoms with Gasteiger partial charge in [-0.25, -0.2) is 0 Å². The second-order valence-electron chi connectivity index (χ2n) is 4.14. The van der Waals surface area contributed by atoms with Crippen LogP contribution in [0.4, 0.5) is 0 Å². The van der Waals surface area contributed by atoms with Crippen LogP contribution in [0.3, 0.4) is 0 Å². The molecule has 0 aromatic rings. The Hall–Kier alpha value is -0.260. The van der Waals surface area contributed by atoms with Gasteiger partial charge in [-0.05, 0) is 19.9 Å². The van der Waals surface area contributed by atoms with E-state index in [2.05, 4.69) is 17.3 Å². The van der Waals surface area contributed by atoms with Gasteiger partial charge in [0.2, 0.25) is 0 Å². The number of likely N-dealkylation sites (tertiary alicyclic amines) is 1. The van der Waals surface area contributed by atoms with Crippen LogP contribution in [-0.2, 0) is 4.79 Å². The van der Waals surface area contributed by atoms with E-state index in [4.69, 9.17) is 5.11 Å². The topological polar surface area (TPSA) is 52.6 Å². The summed E-state index contributed by atoms with van der Waals surface area (Å²) in [7, 11) is 2.11. The van der Waals surface area contributed by atoms with E-state index in [9.17, 15) is 4.79 Å². The van der Waals surface area contributed by atoms with E-state index in [1.54, 1.807) is 11.8 Å². The van der Waals surface area contributed by atoms with Crippen LogP contribution in [-0.4, -0.2) is 52.8 Å². The Kier molecular flexibility index (Phi) is 2.72. The minimum atomic E-state index is -0.715. The third kappa shape index (κ3) is 1.89. The first-order chi connectivity index (χ1) is 6.61. The molecule has 4 nitrogen and oxygen atoms in total. The van der Waals surface area contributed by atoms with Crippen molar-refractivity contribution in [1.29, 1.82) is 0 Å². The summed E-state index contributed by atoms with van der Waals surface area (Å²) in [6.07, 6.45) is 2.11. The van der Waals surface area contributed by atoms with Gasteiger partial charge in [0.05, 0.1) is 4.87 Å². The Morgan fingerprint density at radius 3 is 2.71 bits per heavy atom. The molecule has 0 aliphatic carbocycles. The first-order valence-electron chi connectivity index (χ1n) is 4.94. The zero-order valence-corrected chi connectivity index (χ0v) is 9.14. The van der Waals surface area contributed by atoms with E-state index in [1.165, 1.54) is 0 Å². The summed E-state index contributed by atoms with van der Waals surface area (Å²) in [4.78, 5) is 13.2. The number of hydrogen-bond donors (Lipinski definition) is 2. The lowest BCUT2D eigenvalue weighted by molar-refractivity contribution is -0.139. The first kappa shape index (κ1) is 10.3. The molecule has 0 radical (unpaired) electrons. The fraction of sp³-hybridized carbons (Fsp3) is 0.889. The molecule has 2 rings (SSSR count). The van der Waals surface area contributed by atoms with E-state index in [-0.39, 0.29) is 10.9 Å². The molecule has 2 fully saturated rings. The van der Waals surface area contributed by atoms with Crippen LogP contribution < -0.4 is 5.32 Å². The number of carbonyl (C=O) groups is 1. The van der Waals surface area contributed by atoms with Crippen LogP contribution in [0.1, 0.15) is 12.8 Å². The molecule has 0 saturated carbocycles. The van der Waals surface area contributed by atoms with Crippen LogP contribution in [0.5, 0.6) is 0 Å². The highest BCUT2D eigenvalue weighted by Crippen LogP contribution is 2.38. The van der Waals surface area contributed by atoms with Crippen LogP contribution >= 0.6 is 11.8 Å². The summed E-state index contributed by atoms with van der Waals surface area (Å²) in [6.45, 7) is 2.12. The van der Waals surface area contributed by atoms with Crippen molar-refractivity contribution in [2.75, 3.05) is 25.9 Å². The van der Waals surface area contributed by atoms with Gasteiger partial charge >= 0.3 is 5.97 Å². The number of carboxylic acid groups (broad SMARTS) is 1. The summed E-state index contributed by atoms with van der Waals surface area (Å²) in [5.41, 5.74) is 0. The minimum absolute atomic E-state index is 0.0512. The number of piperidine rings is 1. The Labute approximate surface area is 88.0 Å². The maximum Gasteiger partial charge on any atom is 0.321 e. The molecule has 0 bridgehead atoms. The fourth-order valence-corrected chi connectivity index (χ4v) is 3.45. The highest BCUT2D eigenvalue weighted by Gasteiger charge is 2.43. The van der Waals surface area contributed by atoms with Crippen molar-refractivity contribution in [1.82, 2.24) is 10.2 Å². The average molecular weight is 216 g/mol. The van der Waals surface area contributed by atoms with Gasteiger partial charge in [0.25, 0.3) is 0 Å². The summed E-state index contributed by atoms with van der Waals surface area (Å²) in [6, 6.07) is -0.344. The number of thioether (sulfide) groups is 1. The molecule has 2 aliphatic rings. The lowest BCUT2D eigenvalue weighted by Crippen LogP contribution is -2.51. The number of nitrogens with zero attached hydrogens (tertiary/aromatic N) is 1. The van der Waals surface area contributed by atoms with Crippen molar-refractivity contribution in [3.8, 4) is 0 Å². The molecule has 0 unspecified atom stereocenters. The third-order valence-corrected chi connectivity index (χ3v) is 4.64. The molecular formula is C9H16N2O2S. The van der Waals surface area contributed by atoms with Crippen molar-refractivity contribution in [3.05, 3.63) is 0 Å². The van der Waals surface area contributed by atoms with Gasteiger partial charge in [0.1, 0.15) is 6.04 Å². The summed E-state index contributed by atoms with van der Waals surface area (Å²) in [5.74, 6) is -0.00715. The molecule has 0 aromatic heterocycles. The molecular weight excluding hydrogens is 200 g/mol. The fourth-order valence-electron chi connectivity index (χ4n) is 2.05. The molecule has 0 amide bonds. The quantitative estimate of drug-likeness (QED) is 0.656. The van der Waals surface area contributed by atoms with E-state index in [0.29, 0.717) is 5.75 Å². The smallest absolute Gasteiger partial charge is 0.321 e. The summed E-state index contributed by atoms with van der Waals surface area (Å²) < 4.78 is 0. The first-order valence-corrected chi connectivity index (χ1v) is 5.93. The Morgan fingerprint density at radius 2 is 2.21 bits per heavy atom. The highest BCUT2D eigenvalue weighted by molar-refractivity contribution is 8.01. The lowest BCUT2D eigenvalue weighted by Gasteiger charge is -2.37. The lowest BCUT2D eigenvalue weighted by atomic mass is 10.0. The van der Waals surface area contributed by atoms with E-state index < -0.39 is 5.97 Å². The Bertz CT molecular complexity index is 239. The molecule has 1 atom stereocenters. The van der Waals surface area contributed by atoms with Crippen LogP contribution in [0, 0.1) is 0 Å². The number of aliphatic carboxylic acids is 1. The van der Waals surface area contributed by atoms with Gasteiger partial charge < -0.3 is 10.0 Å². The SMILES string of the molecule is CN1CCC2(CC1)N[C@@H](C(=O)O)CS2. The number of rotatable bonds is 1. The van der Waals surface area contributed by atoms with Crippen LogP contribution in [0.15, 0.2) is 0 Å². The van der Waals surface area contributed by atoms with Crippen LogP contribution in [0.2, 0.25) is 0 Å². The van der Waals surface area contributed by atoms with Gasteiger partial charge in [-0.1, -0.05) is 0 Å². The second-order valence-corrected chi connectivity index (χ2v) is 5.55. The summed E-state index contributed by atoms with van der Waals surface area (Å²) in [5, 5.41) is 12.2. The second kappa shape index (κ2) is 3.72. The highest BCUT2D eigenvalue weighted by atomic mass is 32.2. The molecule has 14 heavy (non-hydrogen) atoms. The number of hydrogen-bond acceptors (Lipinski definition) is 4. The molecule has 2 heterocycles. The predicted octanol–water partition coefficient (Wildman–Crippen LogP) is 0.198. The number of nitrogens with one attached hydrogen (secondary N) is 1. The zero-order valence-electron chi connectivity index (χ0n) is 8.32. The Balaban J connectivity index is 1.96. The van der Waals surface area contributed by atoms with E-state index in [1.807, 2.05) is 0 Å². The van der Waals surface area contributed by atoms with Crippen molar-refractivity contribution in [2.45, 2.75) is 23.8 Å². The van der Waals surface area contributed by atoms with E-state index in [0.717, 1.165) is 25.9 Å². The largest absolute Gasteiger partial charge is 0.480 e. The van der Waals surface area contributed by atoms with Crippen LogP contribution in [0.25, 0.3) is 0 Å². The van der Waals surface area contributed by atoms with Gasteiger partial charge in [-0.2, -0.15) is 0 Å². The molecule has 2 saturated heterocycles. The Morgan fingerprint density at radius 1 is 1.57 bits per heavy atom. The maximum absolute atomic E-state index is 10.8. The minimum Gasteiger partial charge on any atom is -0.480 e. The third-order valence-electron chi connectivity index (χ3n) is 3.06. The van der Waals surface area contributed by atoms with Gasteiger partial charge in [0, 0.05) is 18.8 Å². The van der Waals surface area contributed by atoms with E-state index >= 15 is 0 Å². The molecule has 0 aromatic carbocycles. The summed E-state index contributed by atoms with van der Waals surface area (Å²) >= 11 is 1.79. The van der Waals surface area contributed by atoms with Gasteiger partial charge in [0.15, 0.2) is 0 Å². The molecule has 2 aliphatic heterocycles. The maximum atomic E-state index is 10.8. The van der Waals surface area contributed by atoms with Crippen molar-refractivity contribution in [3.63, 3.8) is 0 Å².